The van der Waals surface area contributed by atoms with Crippen molar-refractivity contribution >= 4 is 21.6 Å². The van der Waals surface area contributed by atoms with Gasteiger partial charge in [-0.3, -0.25) is 0 Å². The van der Waals surface area contributed by atoms with E-state index in [0.717, 1.165) is 5.69 Å². The molecule has 1 heterocycles. The first-order valence-corrected chi connectivity index (χ1v) is 5.69. The molecule has 0 radical (unpaired) electrons. The molecule has 0 atom stereocenters. The lowest BCUT2D eigenvalue weighted by Crippen LogP contribution is -1.98. The Hall–Kier alpha value is -1.56. The van der Waals surface area contributed by atoms with Crippen LogP contribution in [-0.2, 0) is 7.05 Å². The number of halogens is 2. The average Bonchev–Trinajstić information content (AvgIpc) is 2.54. The summed E-state index contributed by atoms with van der Waals surface area (Å²) in [5.74, 6) is 0.359. The van der Waals surface area contributed by atoms with Crippen molar-refractivity contribution in [2.75, 3.05) is 5.73 Å². The molecule has 0 fully saturated rings. The van der Waals surface area contributed by atoms with Crippen LogP contribution in [0.25, 0.3) is 0 Å². The number of benzene rings is 1. The second-order valence-electron chi connectivity index (χ2n) is 3.65. The zero-order chi connectivity index (χ0) is 12.6. The molecule has 6 heteroatoms. The van der Waals surface area contributed by atoms with Crippen LogP contribution in [0.4, 0.5) is 10.1 Å². The molecule has 0 unspecified atom stereocenters. The van der Waals surface area contributed by atoms with E-state index in [1.165, 1.54) is 12.1 Å². The minimum Gasteiger partial charge on any atom is -0.437 e. The van der Waals surface area contributed by atoms with Gasteiger partial charge in [0.05, 0.1) is 15.9 Å². The summed E-state index contributed by atoms with van der Waals surface area (Å²) in [5.41, 5.74) is 6.92. The average molecular weight is 300 g/mol. The van der Waals surface area contributed by atoms with E-state index in [4.69, 9.17) is 10.5 Å². The van der Waals surface area contributed by atoms with Crippen molar-refractivity contribution in [1.82, 2.24) is 9.78 Å². The topological polar surface area (TPSA) is 53.1 Å². The van der Waals surface area contributed by atoms with Crippen LogP contribution < -0.4 is 10.5 Å². The van der Waals surface area contributed by atoms with Gasteiger partial charge in [0, 0.05) is 19.2 Å². The number of hydrogen-bond acceptors (Lipinski definition) is 3. The SMILES string of the molecule is Cc1cc(Oc2cc(F)c(Br)cc2N)n(C)n1. The third kappa shape index (κ3) is 2.41. The van der Waals surface area contributed by atoms with E-state index in [0.29, 0.717) is 16.0 Å². The molecule has 90 valence electrons. The van der Waals surface area contributed by atoms with Gasteiger partial charge in [0.25, 0.3) is 0 Å². The maximum atomic E-state index is 13.4. The predicted molar refractivity (Wildman–Crippen MR) is 66.5 cm³/mol. The van der Waals surface area contributed by atoms with Crippen LogP contribution >= 0.6 is 15.9 Å². The van der Waals surface area contributed by atoms with Gasteiger partial charge in [-0.25, -0.2) is 9.07 Å². The van der Waals surface area contributed by atoms with Gasteiger partial charge in [-0.1, -0.05) is 0 Å². The van der Waals surface area contributed by atoms with Crippen molar-refractivity contribution < 1.29 is 9.13 Å². The highest BCUT2D eigenvalue weighted by Gasteiger charge is 2.10. The van der Waals surface area contributed by atoms with E-state index in [-0.39, 0.29) is 5.75 Å². The van der Waals surface area contributed by atoms with Crippen molar-refractivity contribution in [1.29, 1.82) is 0 Å². The summed E-state index contributed by atoms with van der Waals surface area (Å²) in [6.45, 7) is 1.85. The number of nitrogen functional groups attached to an aromatic ring is 1. The molecule has 0 saturated heterocycles. The molecular formula is C11H11BrFN3O. The van der Waals surface area contributed by atoms with E-state index in [9.17, 15) is 4.39 Å². The molecule has 0 aliphatic carbocycles. The van der Waals surface area contributed by atoms with Crippen LogP contribution in [-0.4, -0.2) is 9.78 Å². The van der Waals surface area contributed by atoms with Crippen molar-refractivity contribution in [3.05, 3.63) is 34.2 Å². The Bertz CT molecular complexity index is 568. The largest absolute Gasteiger partial charge is 0.437 e. The van der Waals surface area contributed by atoms with E-state index < -0.39 is 5.82 Å². The summed E-state index contributed by atoms with van der Waals surface area (Å²) in [4.78, 5) is 0. The van der Waals surface area contributed by atoms with Gasteiger partial charge in [0.1, 0.15) is 5.82 Å². The van der Waals surface area contributed by atoms with Crippen LogP contribution in [0, 0.1) is 12.7 Å². The van der Waals surface area contributed by atoms with Crippen molar-refractivity contribution in [2.24, 2.45) is 7.05 Å². The molecular weight excluding hydrogens is 289 g/mol. The molecule has 0 aliphatic heterocycles. The Kier molecular flexibility index (Phi) is 3.06. The molecule has 2 rings (SSSR count). The molecule has 1 aromatic heterocycles. The number of aryl methyl sites for hydroxylation is 2. The number of hydrogen-bond donors (Lipinski definition) is 1. The number of aromatic nitrogens is 2. The minimum atomic E-state index is -0.423. The lowest BCUT2D eigenvalue weighted by Gasteiger charge is -2.08. The third-order valence-corrected chi connectivity index (χ3v) is 2.83. The fourth-order valence-electron chi connectivity index (χ4n) is 1.43. The van der Waals surface area contributed by atoms with E-state index in [2.05, 4.69) is 21.0 Å². The Morgan fingerprint density at radius 3 is 2.71 bits per heavy atom. The summed E-state index contributed by atoms with van der Waals surface area (Å²) in [6.07, 6.45) is 0. The number of nitrogens with zero attached hydrogens (tertiary/aromatic N) is 2. The highest BCUT2D eigenvalue weighted by molar-refractivity contribution is 9.10. The predicted octanol–water partition coefficient (Wildman–Crippen LogP) is 3.00. The van der Waals surface area contributed by atoms with Gasteiger partial charge in [0.2, 0.25) is 5.88 Å². The highest BCUT2D eigenvalue weighted by atomic mass is 79.9. The Morgan fingerprint density at radius 2 is 2.12 bits per heavy atom. The molecule has 2 aromatic rings. The fourth-order valence-corrected chi connectivity index (χ4v) is 1.79. The molecule has 0 spiro atoms. The smallest absolute Gasteiger partial charge is 0.217 e. The van der Waals surface area contributed by atoms with E-state index in [1.807, 2.05) is 6.92 Å². The normalized spacial score (nSPS) is 10.6. The van der Waals surface area contributed by atoms with Crippen molar-refractivity contribution in [3.8, 4) is 11.6 Å². The Labute approximate surface area is 106 Å². The molecule has 0 bridgehead atoms. The molecule has 0 aliphatic rings. The molecule has 2 N–H and O–H groups in total. The maximum absolute atomic E-state index is 13.4. The maximum Gasteiger partial charge on any atom is 0.217 e. The van der Waals surface area contributed by atoms with Gasteiger partial charge in [0.15, 0.2) is 5.75 Å². The van der Waals surface area contributed by atoms with Gasteiger partial charge in [-0.15, -0.1) is 0 Å². The second kappa shape index (κ2) is 4.37. The molecule has 0 saturated carbocycles. The second-order valence-corrected chi connectivity index (χ2v) is 4.51. The van der Waals surface area contributed by atoms with Crippen molar-refractivity contribution in [3.63, 3.8) is 0 Å². The van der Waals surface area contributed by atoms with Crippen LogP contribution in [0.15, 0.2) is 22.7 Å². The van der Waals surface area contributed by atoms with Crippen molar-refractivity contribution in [2.45, 2.75) is 6.92 Å². The minimum absolute atomic E-state index is 0.272. The van der Waals surface area contributed by atoms with Gasteiger partial charge >= 0.3 is 0 Å². The number of nitrogens with two attached hydrogens (primary N) is 1. The number of anilines is 1. The summed E-state index contributed by atoms with van der Waals surface area (Å²) in [6, 6.07) is 4.45. The molecule has 4 nitrogen and oxygen atoms in total. The van der Waals surface area contributed by atoms with E-state index in [1.54, 1.807) is 17.8 Å². The molecule has 1 aromatic carbocycles. The Morgan fingerprint density at radius 1 is 1.41 bits per heavy atom. The molecule has 17 heavy (non-hydrogen) atoms. The zero-order valence-corrected chi connectivity index (χ0v) is 11.0. The van der Waals surface area contributed by atoms with Crippen LogP contribution in [0.2, 0.25) is 0 Å². The lowest BCUT2D eigenvalue weighted by molar-refractivity contribution is 0.429. The zero-order valence-electron chi connectivity index (χ0n) is 9.37. The first-order chi connectivity index (χ1) is 7.97. The fraction of sp³-hybridized carbons (Fsp3) is 0.182. The Balaban J connectivity index is 2.36. The number of ether oxygens (including phenoxy) is 1. The summed E-state index contributed by atoms with van der Waals surface area (Å²) in [7, 11) is 1.74. The van der Waals surface area contributed by atoms with Crippen LogP contribution in [0.5, 0.6) is 11.6 Å². The monoisotopic (exact) mass is 299 g/mol. The third-order valence-electron chi connectivity index (χ3n) is 2.23. The summed E-state index contributed by atoms with van der Waals surface area (Å²) < 4.78 is 20.7. The number of rotatable bonds is 2. The standard InChI is InChI=1S/C11H11BrFN3O/c1-6-3-11(16(2)15-6)17-10-5-8(13)7(12)4-9(10)14/h3-5H,14H2,1-2H3. The van der Waals surface area contributed by atoms with Crippen LogP contribution in [0.1, 0.15) is 5.69 Å². The van der Waals surface area contributed by atoms with E-state index >= 15 is 0 Å². The first-order valence-electron chi connectivity index (χ1n) is 4.90. The van der Waals surface area contributed by atoms with Gasteiger partial charge in [-0.05, 0) is 28.9 Å². The van der Waals surface area contributed by atoms with Gasteiger partial charge < -0.3 is 10.5 Å². The highest BCUT2D eigenvalue weighted by Crippen LogP contribution is 2.31. The van der Waals surface area contributed by atoms with Crippen LogP contribution in [0.3, 0.4) is 0 Å². The summed E-state index contributed by atoms with van der Waals surface area (Å²) >= 11 is 3.06. The first kappa shape index (κ1) is 11.9. The quantitative estimate of drug-likeness (QED) is 0.867. The van der Waals surface area contributed by atoms with Gasteiger partial charge in [-0.2, -0.15) is 5.10 Å². The molecule has 0 amide bonds. The lowest BCUT2D eigenvalue weighted by atomic mass is 10.3. The summed E-state index contributed by atoms with van der Waals surface area (Å²) in [5, 5.41) is 4.12.